The first kappa shape index (κ1) is 15.6. The molecule has 7 heteroatoms. The van der Waals surface area contributed by atoms with E-state index in [9.17, 15) is 12.8 Å². The molecule has 0 saturated carbocycles. The van der Waals surface area contributed by atoms with Crippen molar-refractivity contribution in [2.24, 2.45) is 0 Å². The van der Waals surface area contributed by atoms with Gasteiger partial charge in [-0.1, -0.05) is 23.7 Å². The first-order valence-corrected chi connectivity index (χ1v) is 7.91. The van der Waals surface area contributed by atoms with Crippen molar-refractivity contribution in [1.29, 1.82) is 0 Å². The SMILES string of the molecule is CN(C)c1ccc(Cl)cc1NS(=O)(=O)c1ccccc1F. The average Bonchev–Trinajstić information content (AvgIpc) is 2.38. The maximum Gasteiger partial charge on any atom is 0.264 e. The molecule has 0 radical (unpaired) electrons. The van der Waals surface area contributed by atoms with Crippen LogP contribution in [0.25, 0.3) is 0 Å². The number of nitrogens with one attached hydrogen (secondary N) is 1. The van der Waals surface area contributed by atoms with E-state index in [2.05, 4.69) is 4.72 Å². The van der Waals surface area contributed by atoms with Gasteiger partial charge in [0.1, 0.15) is 10.7 Å². The molecule has 0 amide bonds. The minimum Gasteiger partial charge on any atom is -0.376 e. The van der Waals surface area contributed by atoms with E-state index in [1.54, 1.807) is 31.1 Å². The van der Waals surface area contributed by atoms with Gasteiger partial charge in [0.15, 0.2) is 0 Å². The van der Waals surface area contributed by atoms with Gasteiger partial charge in [0.05, 0.1) is 11.4 Å². The Balaban J connectivity index is 2.47. The third-order valence-electron chi connectivity index (χ3n) is 2.81. The number of hydrogen-bond acceptors (Lipinski definition) is 3. The lowest BCUT2D eigenvalue weighted by Crippen LogP contribution is -2.18. The molecule has 112 valence electrons. The normalized spacial score (nSPS) is 11.2. The Morgan fingerprint density at radius 2 is 1.81 bits per heavy atom. The van der Waals surface area contributed by atoms with Gasteiger partial charge in [0.2, 0.25) is 0 Å². The Bertz CT molecular complexity index is 763. The molecule has 2 rings (SSSR count). The summed E-state index contributed by atoms with van der Waals surface area (Å²) in [7, 11) is -0.491. The van der Waals surface area contributed by atoms with E-state index < -0.39 is 20.7 Å². The zero-order valence-electron chi connectivity index (χ0n) is 11.5. The fraction of sp³-hybridized carbons (Fsp3) is 0.143. The smallest absolute Gasteiger partial charge is 0.264 e. The van der Waals surface area contributed by atoms with Crippen molar-refractivity contribution in [2.75, 3.05) is 23.7 Å². The van der Waals surface area contributed by atoms with E-state index in [1.165, 1.54) is 24.3 Å². The van der Waals surface area contributed by atoms with Crippen LogP contribution in [0, 0.1) is 5.82 Å². The van der Waals surface area contributed by atoms with Gasteiger partial charge in [-0.2, -0.15) is 0 Å². The van der Waals surface area contributed by atoms with E-state index in [1.807, 2.05) is 0 Å². The predicted octanol–water partition coefficient (Wildman–Crippen LogP) is 3.35. The number of sulfonamides is 1. The molecule has 0 unspecified atom stereocenters. The molecule has 0 atom stereocenters. The molecular weight excluding hydrogens is 315 g/mol. The zero-order valence-corrected chi connectivity index (χ0v) is 13.0. The van der Waals surface area contributed by atoms with Gasteiger partial charge < -0.3 is 4.90 Å². The highest BCUT2D eigenvalue weighted by molar-refractivity contribution is 7.92. The van der Waals surface area contributed by atoms with E-state index >= 15 is 0 Å². The Morgan fingerprint density at radius 3 is 2.43 bits per heavy atom. The van der Waals surface area contributed by atoms with Crippen LogP contribution in [0.5, 0.6) is 0 Å². The summed E-state index contributed by atoms with van der Waals surface area (Å²) in [6.07, 6.45) is 0. The van der Waals surface area contributed by atoms with Crippen LogP contribution in [0.4, 0.5) is 15.8 Å². The predicted molar refractivity (Wildman–Crippen MR) is 83.0 cm³/mol. The van der Waals surface area contributed by atoms with Crippen LogP contribution in [-0.2, 0) is 10.0 Å². The Labute approximate surface area is 128 Å². The topological polar surface area (TPSA) is 49.4 Å². The second-order valence-electron chi connectivity index (χ2n) is 4.59. The molecule has 0 fully saturated rings. The lowest BCUT2D eigenvalue weighted by Gasteiger charge is -2.19. The zero-order chi connectivity index (χ0) is 15.6. The molecule has 4 nitrogen and oxygen atoms in total. The molecule has 0 spiro atoms. The number of hydrogen-bond donors (Lipinski definition) is 1. The summed E-state index contributed by atoms with van der Waals surface area (Å²) < 4.78 is 40.6. The molecule has 1 N–H and O–H groups in total. The minimum absolute atomic E-state index is 0.288. The summed E-state index contributed by atoms with van der Waals surface area (Å²) in [4.78, 5) is 1.32. The molecule has 2 aromatic carbocycles. The van der Waals surface area contributed by atoms with E-state index in [4.69, 9.17) is 11.6 Å². The van der Waals surface area contributed by atoms with Crippen molar-refractivity contribution in [3.63, 3.8) is 0 Å². The molecule has 21 heavy (non-hydrogen) atoms. The largest absolute Gasteiger partial charge is 0.376 e. The molecular formula is C14H14ClFN2O2S. The molecule has 0 aliphatic rings. The van der Waals surface area contributed by atoms with Crippen molar-refractivity contribution in [1.82, 2.24) is 0 Å². The molecule has 0 saturated heterocycles. The lowest BCUT2D eigenvalue weighted by molar-refractivity contribution is 0.570. The second-order valence-corrected chi connectivity index (χ2v) is 6.68. The van der Waals surface area contributed by atoms with Crippen LogP contribution in [-0.4, -0.2) is 22.5 Å². The number of nitrogens with zero attached hydrogens (tertiary/aromatic N) is 1. The van der Waals surface area contributed by atoms with Gasteiger partial charge in [0, 0.05) is 19.1 Å². The summed E-state index contributed by atoms with van der Waals surface area (Å²) in [5.74, 6) is -0.807. The minimum atomic E-state index is -4.03. The number of rotatable bonds is 4. The van der Waals surface area contributed by atoms with Crippen LogP contribution < -0.4 is 9.62 Å². The van der Waals surface area contributed by atoms with Gasteiger partial charge in [-0.15, -0.1) is 0 Å². The summed E-state index contributed by atoms with van der Waals surface area (Å²) >= 11 is 5.90. The Morgan fingerprint density at radius 1 is 1.14 bits per heavy atom. The fourth-order valence-corrected chi connectivity index (χ4v) is 3.16. The van der Waals surface area contributed by atoms with Gasteiger partial charge in [-0.25, -0.2) is 12.8 Å². The summed E-state index contributed by atoms with van der Waals surface area (Å²) in [6, 6.07) is 10.0. The van der Waals surface area contributed by atoms with Crippen LogP contribution in [0.15, 0.2) is 47.4 Å². The quantitative estimate of drug-likeness (QED) is 0.936. The highest BCUT2D eigenvalue weighted by atomic mass is 35.5. The van der Waals surface area contributed by atoms with Crippen LogP contribution in [0.3, 0.4) is 0 Å². The standard InChI is InChI=1S/C14H14ClFN2O2S/c1-18(2)13-8-7-10(15)9-12(13)17-21(19,20)14-6-4-3-5-11(14)16/h3-9,17H,1-2H3. The van der Waals surface area contributed by atoms with Crippen LogP contribution in [0.2, 0.25) is 5.02 Å². The average molecular weight is 329 g/mol. The maximum atomic E-state index is 13.7. The van der Waals surface area contributed by atoms with Crippen LogP contribution >= 0.6 is 11.6 Å². The van der Waals surface area contributed by atoms with Gasteiger partial charge in [0.25, 0.3) is 10.0 Å². The first-order valence-electron chi connectivity index (χ1n) is 6.05. The van der Waals surface area contributed by atoms with E-state index in [0.29, 0.717) is 10.7 Å². The molecule has 0 heterocycles. The lowest BCUT2D eigenvalue weighted by atomic mass is 10.2. The number of anilines is 2. The van der Waals surface area contributed by atoms with Crippen molar-refractivity contribution < 1.29 is 12.8 Å². The van der Waals surface area contributed by atoms with E-state index in [0.717, 1.165) is 6.07 Å². The van der Waals surface area contributed by atoms with Gasteiger partial charge >= 0.3 is 0 Å². The molecule has 0 bridgehead atoms. The molecule has 2 aromatic rings. The van der Waals surface area contributed by atoms with Crippen molar-refractivity contribution >= 4 is 33.0 Å². The van der Waals surface area contributed by atoms with Gasteiger partial charge in [-0.05, 0) is 30.3 Å². The monoisotopic (exact) mass is 328 g/mol. The Kier molecular flexibility index (Phi) is 4.39. The first-order chi connectivity index (χ1) is 9.81. The summed E-state index contributed by atoms with van der Waals surface area (Å²) in [6.45, 7) is 0. The summed E-state index contributed by atoms with van der Waals surface area (Å²) in [5, 5.41) is 0.381. The van der Waals surface area contributed by atoms with Crippen molar-refractivity contribution in [2.45, 2.75) is 4.90 Å². The fourth-order valence-electron chi connectivity index (χ4n) is 1.84. The molecule has 0 aliphatic carbocycles. The van der Waals surface area contributed by atoms with Gasteiger partial charge in [-0.3, -0.25) is 4.72 Å². The van der Waals surface area contributed by atoms with E-state index in [-0.39, 0.29) is 5.69 Å². The number of benzene rings is 2. The molecule has 0 aromatic heterocycles. The summed E-state index contributed by atoms with van der Waals surface area (Å²) in [5.41, 5.74) is 0.912. The molecule has 0 aliphatic heterocycles. The van der Waals surface area contributed by atoms with Crippen LogP contribution in [0.1, 0.15) is 0 Å². The number of halogens is 2. The third kappa shape index (κ3) is 3.46. The highest BCUT2D eigenvalue weighted by Gasteiger charge is 2.20. The third-order valence-corrected chi connectivity index (χ3v) is 4.44. The highest BCUT2D eigenvalue weighted by Crippen LogP contribution is 2.30. The van der Waals surface area contributed by atoms with Crippen molar-refractivity contribution in [3.05, 3.63) is 53.3 Å². The maximum absolute atomic E-state index is 13.7. The second kappa shape index (κ2) is 5.91. The van der Waals surface area contributed by atoms with Crippen molar-refractivity contribution in [3.8, 4) is 0 Å². The Hall–Kier alpha value is -1.79.